The summed E-state index contributed by atoms with van der Waals surface area (Å²) in [5, 5.41) is 17.7. The van der Waals surface area contributed by atoms with Gasteiger partial charge in [0.15, 0.2) is 10.6 Å². The minimum Gasteiger partial charge on any atom is -0.494 e. The molecule has 1 aromatic heterocycles. The summed E-state index contributed by atoms with van der Waals surface area (Å²) < 4.78 is 33.1. The molecular weight excluding hydrogens is 496 g/mol. The number of unbranched alkanes of at least 4 members (excludes halogenated alkanes) is 1. The van der Waals surface area contributed by atoms with Crippen molar-refractivity contribution in [1.29, 1.82) is 0 Å². The standard InChI is InChI=1S/C25H36N6O5S/c1-3-4-19-36-22-8-6-21(7-9-22)29-15-17-31(18-16-29)37(34,35)25(24(32)28-33)11-13-30(14-12-25)23-10-5-20(2)26-27-23/h5-10,33H,3-4,11-19H2,1-2H3,(H,28,32). The number of hydrogen-bond donors (Lipinski definition) is 2. The van der Waals surface area contributed by atoms with Crippen molar-refractivity contribution in [2.24, 2.45) is 0 Å². The molecule has 37 heavy (non-hydrogen) atoms. The number of hydroxylamine groups is 1. The monoisotopic (exact) mass is 532 g/mol. The normalized spacial score (nSPS) is 18.5. The zero-order valence-corrected chi connectivity index (χ0v) is 22.3. The van der Waals surface area contributed by atoms with Crippen LogP contribution in [0.3, 0.4) is 0 Å². The lowest BCUT2D eigenvalue weighted by Gasteiger charge is -2.44. The van der Waals surface area contributed by atoms with Crippen LogP contribution in [0.5, 0.6) is 5.75 Å². The molecule has 202 valence electrons. The first-order valence-corrected chi connectivity index (χ1v) is 14.2. The summed E-state index contributed by atoms with van der Waals surface area (Å²) in [7, 11) is -4.04. The fraction of sp³-hybridized carbons (Fsp3) is 0.560. The van der Waals surface area contributed by atoms with E-state index in [0.29, 0.717) is 38.6 Å². The van der Waals surface area contributed by atoms with E-state index >= 15 is 0 Å². The zero-order valence-electron chi connectivity index (χ0n) is 21.5. The predicted octanol–water partition coefficient (Wildman–Crippen LogP) is 1.96. The summed E-state index contributed by atoms with van der Waals surface area (Å²) in [6.45, 7) is 6.76. The Balaban J connectivity index is 1.42. The summed E-state index contributed by atoms with van der Waals surface area (Å²) in [6, 6.07) is 11.5. The van der Waals surface area contributed by atoms with E-state index in [9.17, 15) is 18.4 Å². The molecule has 2 aliphatic rings. The number of aryl methyl sites for hydroxylation is 1. The fourth-order valence-corrected chi connectivity index (χ4v) is 7.00. The second kappa shape index (κ2) is 11.6. The molecule has 11 nitrogen and oxygen atoms in total. The van der Waals surface area contributed by atoms with Gasteiger partial charge in [-0.3, -0.25) is 10.0 Å². The smallest absolute Gasteiger partial charge is 0.266 e. The highest BCUT2D eigenvalue weighted by atomic mass is 32.2. The first-order chi connectivity index (χ1) is 17.8. The van der Waals surface area contributed by atoms with Gasteiger partial charge in [0.1, 0.15) is 5.75 Å². The van der Waals surface area contributed by atoms with Crippen LogP contribution < -0.4 is 20.0 Å². The van der Waals surface area contributed by atoms with Gasteiger partial charge in [-0.05, 0) is 62.6 Å². The number of carbonyl (C=O) groups excluding carboxylic acids is 1. The molecule has 0 spiro atoms. The number of aromatic nitrogens is 2. The molecule has 2 aliphatic heterocycles. The molecule has 1 aromatic carbocycles. The molecule has 1 amide bonds. The second-order valence-electron chi connectivity index (χ2n) is 9.54. The third-order valence-corrected chi connectivity index (χ3v) is 9.86. The number of amides is 1. The highest BCUT2D eigenvalue weighted by molar-refractivity contribution is 7.91. The van der Waals surface area contributed by atoms with Gasteiger partial charge >= 0.3 is 0 Å². The van der Waals surface area contributed by atoms with Crippen molar-refractivity contribution in [2.45, 2.75) is 44.3 Å². The zero-order chi connectivity index (χ0) is 26.5. The number of piperidine rings is 1. The quantitative estimate of drug-likeness (QED) is 0.283. The molecule has 0 atom stereocenters. The second-order valence-corrected chi connectivity index (χ2v) is 11.8. The lowest BCUT2D eigenvalue weighted by atomic mass is 9.95. The number of rotatable bonds is 9. The summed E-state index contributed by atoms with van der Waals surface area (Å²) in [6.07, 6.45) is 2.16. The van der Waals surface area contributed by atoms with Crippen molar-refractivity contribution in [3.8, 4) is 5.75 Å². The third-order valence-electron chi connectivity index (χ3n) is 7.24. The number of hydrogen-bond acceptors (Lipinski definition) is 9. The Morgan fingerprint density at radius 2 is 1.68 bits per heavy atom. The van der Waals surface area contributed by atoms with Crippen LogP contribution in [0.25, 0.3) is 0 Å². The minimum absolute atomic E-state index is 0.0387. The van der Waals surface area contributed by atoms with Crippen molar-refractivity contribution in [3.05, 3.63) is 42.1 Å². The molecular formula is C25H36N6O5S. The molecule has 0 aliphatic carbocycles. The van der Waals surface area contributed by atoms with Gasteiger partial charge in [-0.1, -0.05) is 13.3 Å². The number of sulfonamides is 1. The Morgan fingerprint density at radius 3 is 2.24 bits per heavy atom. The molecule has 2 fully saturated rings. The van der Waals surface area contributed by atoms with E-state index in [0.717, 1.165) is 30.0 Å². The van der Waals surface area contributed by atoms with Crippen LogP contribution in [0.1, 0.15) is 38.3 Å². The van der Waals surface area contributed by atoms with Crippen LogP contribution in [0.15, 0.2) is 36.4 Å². The molecule has 0 bridgehead atoms. The largest absolute Gasteiger partial charge is 0.494 e. The number of anilines is 2. The van der Waals surface area contributed by atoms with Crippen molar-refractivity contribution >= 4 is 27.4 Å². The first-order valence-electron chi connectivity index (χ1n) is 12.8. The van der Waals surface area contributed by atoms with Gasteiger partial charge in [0.25, 0.3) is 5.91 Å². The average Bonchev–Trinajstić information content (AvgIpc) is 2.93. The molecule has 4 rings (SSSR count). The summed E-state index contributed by atoms with van der Waals surface area (Å²) in [5.41, 5.74) is 3.41. The van der Waals surface area contributed by atoms with Crippen molar-refractivity contribution in [1.82, 2.24) is 20.0 Å². The minimum atomic E-state index is -4.04. The molecule has 0 radical (unpaired) electrons. The van der Waals surface area contributed by atoms with Crippen LogP contribution in [-0.2, 0) is 14.8 Å². The highest BCUT2D eigenvalue weighted by Gasteiger charge is 2.55. The molecule has 2 aromatic rings. The van der Waals surface area contributed by atoms with Gasteiger partial charge in [0, 0.05) is 45.0 Å². The third kappa shape index (κ3) is 5.65. The van der Waals surface area contributed by atoms with E-state index in [-0.39, 0.29) is 25.9 Å². The van der Waals surface area contributed by atoms with Crippen LogP contribution in [0.2, 0.25) is 0 Å². The Bertz CT molecular complexity index is 1140. The molecule has 0 saturated carbocycles. The maximum atomic E-state index is 13.8. The number of piperazine rings is 1. The van der Waals surface area contributed by atoms with Crippen LogP contribution >= 0.6 is 0 Å². The van der Waals surface area contributed by atoms with Gasteiger partial charge in [-0.2, -0.15) is 9.40 Å². The highest BCUT2D eigenvalue weighted by Crippen LogP contribution is 2.35. The maximum Gasteiger partial charge on any atom is 0.266 e. The van der Waals surface area contributed by atoms with E-state index in [1.165, 1.54) is 4.31 Å². The number of ether oxygens (including phenoxy) is 1. The van der Waals surface area contributed by atoms with E-state index in [2.05, 4.69) is 22.0 Å². The number of nitrogens with zero attached hydrogens (tertiary/aromatic N) is 5. The maximum absolute atomic E-state index is 13.8. The molecule has 2 N–H and O–H groups in total. The van der Waals surface area contributed by atoms with Crippen molar-refractivity contribution in [3.63, 3.8) is 0 Å². The SMILES string of the molecule is CCCCOc1ccc(N2CCN(S(=O)(=O)C3(C(=O)NO)CCN(c4ccc(C)nn4)CC3)CC2)cc1. The van der Waals surface area contributed by atoms with Crippen LogP contribution in [0.4, 0.5) is 11.5 Å². The van der Waals surface area contributed by atoms with Crippen LogP contribution in [-0.4, -0.2) is 84.7 Å². The molecule has 2 saturated heterocycles. The topological polar surface area (TPSA) is 128 Å². The number of benzene rings is 1. The average molecular weight is 533 g/mol. The Labute approximate surface area is 218 Å². The lowest BCUT2D eigenvalue weighted by Crippen LogP contribution is -2.63. The van der Waals surface area contributed by atoms with Gasteiger partial charge in [-0.25, -0.2) is 13.9 Å². The fourth-order valence-electron chi connectivity index (χ4n) is 4.88. The van der Waals surface area contributed by atoms with Crippen LogP contribution in [0, 0.1) is 6.92 Å². The van der Waals surface area contributed by atoms with E-state index in [1.54, 1.807) is 5.48 Å². The first kappa shape index (κ1) is 27.1. The lowest BCUT2D eigenvalue weighted by molar-refractivity contribution is -0.132. The van der Waals surface area contributed by atoms with Crippen molar-refractivity contribution in [2.75, 3.05) is 55.7 Å². The summed E-state index contributed by atoms with van der Waals surface area (Å²) in [5.74, 6) is 0.568. The summed E-state index contributed by atoms with van der Waals surface area (Å²) >= 11 is 0. The summed E-state index contributed by atoms with van der Waals surface area (Å²) in [4.78, 5) is 16.9. The number of nitrogens with one attached hydrogen (secondary N) is 1. The van der Waals surface area contributed by atoms with Gasteiger partial charge in [0.05, 0.1) is 12.3 Å². The van der Waals surface area contributed by atoms with E-state index < -0.39 is 20.7 Å². The number of carbonyl (C=O) groups is 1. The predicted molar refractivity (Wildman–Crippen MR) is 140 cm³/mol. The molecule has 12 heteroatoms. The van der Waals surface area contributed by atoms with Crippen molar-refractivity contribution < 1.29 is 23.2 Å². The van der Waals surface area contributed by atoms with Gasteiger partial charge in [-0.15, -0.1) is 5.10 Å². The van der Waals surface area contributed by atoms with Gasteiger partial charge < -0.3 is 14.5 Å². The Hall–Kier alpha value is -2.96. The van der Waals surface area contributed by atoms with E-state index in [4.69, 9.17) is 4.74 Å². The van der Waals surface area contributed by atoms with Gasteiger partial charge in [0.2, 0.25) is 10.0 Å². The molecule has 3 heterocycles. The Morgan fingerprint density at radius 1 is 1.00 bits per heavy atom. The molecule has 0 unspecified atom stereocenters. The Kier molecular flexibility index (Phi) is 8.50. The van der Waals surface area contributed by atoms with E-state index in [1.807, 2.05) is 48.2 Å².